The zero-order valence-electron chi connectivity index (χ0n) is 53.6. The van der Waals surface area contributed by atoms with E-state index in [-0.39, 0.29) is 13.2 Å². The summed E-state index contributed by atoms with van der Waals surface area (Å²) in [5.74, 6) is -4.00. The molecule has 0 heterocycles. The average Bonchev–Trinajstić information content (AvgIpc) is 3.45. The highest BCUT2D eigenvalue weighted by Crippen LogP contribution is 2.20. The van der Waals surface area contributed by atoms with Crippen LogP contribution in [0.15, 0.2) is 0 Å². The van der Waals surface area contributed by atoms with Gasteiger partial charge in [-0.2, -0.15) is 0 Å². The minimum Gasteiger partial charge on any atom is -0.481 e. The summed E-state index contributed by atoms with van der Waals surface area (Å²) in [5, 5.41) is 104. The molecule has 12 N–H and O–H groups in total. The summed E-state index contributed by atoms with van der Waals surface area (Å²) in [6, 6.07) is 0. The lowest BCUT2D eigenvalue weighted by Crippen LogP contribution is -2.43. The molecular weight excluding hydrogens is 1070 g/mol. The van der Waals surface area contributed by atoms with Gasteiger partial charge in [-0.05, 0) is 38.5 Å². The van der Waals surface area contributed by atoms with Crippen molar-refractivity contribution in [2.75, 3.05) is 52.9 Å². The van der Waals surface area contributed by atoms with Gasteiger partial charge in [-0.15, -0.1) is 0 Å². The van der Waals surface area contributed by atoms with Gasteiger partial charge >= 0.3 is 35.8 Å². The van der Waals surface area contributed by atoms with Gasteiger partial charge in [0.15, 0.2) is 0 Å². The van der Waals surface area contributed by atoms with Crippen molar-refractivity contribution in [1.82, 2.24) is 0 Å². The number of carbonyl (C=O) groups is 6. The Hall–Kier alpha value is -3.46. The van der Waals surface area contributed by atoms with Crippen molar-refractivity contribution in [3.05, 3.63) is 0 Å². The summed E-state index contributed by atoms with van der Waals surface area (Å²) in [7, 11) is 0. The van der Waals surface area contributed by atoms with Gasteiger partial charge < -0.3 is 66.0 Å². The topological polar surface area (TPSA) is 354 Å². The third kappa shape index (κ3) is 92.5. The van der Waals surface area contributed by atoms with Gasteiger partial charge in [0.2, 0.25) is 0 Å². The van der Waals surface area contributed by atoms with Gasteiger partial charge in [-0.25, -0.2) is 0 Å². The Bertz CT molecular complexity index is 1100. The zero-order chi connectivity index (χ0) is 64.5. The van der Waals surface area contributed by atoms with Crippen LogP contribution >= 0.6 is 0 Å². The Morgan fingerprint density at radius 1 is 0.229 bits per heavy atom. The highest BCUT2D eigenvalue weighted by atomic mass is 16.5. The second-order valence-corrected chi connectivity index (χ2v) is 21.9. The fraction of sp³-hybridized carbons (Fsp3) is 0.906. The van der Waals surface area contributed by atoms with E-state index in [1.807, 2.05) is 0 Å². The number of aliphatic hydroxyl groups excluding tert-OH is 6. The highest BCUT2D eigenvalue weighted by Gasteiger charge is 2.33. The zero-order valence-corrected chi connectivity index (χ0v) is 53.6. The molecule has 19 nitrogen and oxygen atoms in total. The first kappa shape index (κ1) is 93.2. The normalized spacial score (nSPS) is 10.6. The Morgan fingerprint density at radius 3 is 0.458 bits per heavy atom. The molecule has 83 heavy (non-hydrogen) atoms. The predicted molar refractivity (Wildman–Crippen MR) is 332 cm³/mol. The minimum atomic E-state index is -1.16. The molecule has 0 bridgehead atoms. The van der Waals surface area contributed by atoms with Crippen LogP contribution in [0.5, 0.6) is 0 Å². The number of aliphatic hydroxyl groups is 6. The van der Waals surface area contributed by atoms with Crippen LogP contribution in [0.25, 0.3) is 0 Å². The maximum atomic E-state index is 10.1. The maximum Gasteiger partial charge on any atom is 0.303 e. The third-order valence-electron chi connectivity index (χ3n) is 13.3. The van der Waals surface area contributed by atoms with Crippen LogP contribution in [0.3, 0.4) is 0 Å². The predicted octanol–water partition coefficient (Wildman–Crippen LogP) is 13.9. The van der Waals surface area contributed by atoms with Crippen molar-refractivity contribution in [1.29, 1.82) is 0 Å². The molecule has 0 atom stereocenters. The van der Waals surface area contributed by atoms with Crippen LogP contribution in [-0.4, -0.2) is 150 Å². The van der Waals surface area contributed by atoms with E-state index in [9.17, 15) is 28.8 Å². The largest absolute Gasteiger partial charge is 0.481 e. The second-order valence-electron chi connectivity index (χ2n) is 21.9. The van der Waals surface area contributed by atoms with Crippen LogP contribution < -0.4 is 0 Å². The summed E-state index contributed by atoms with van der Waals surface area (Å²) in [6.45, 7) is 10.1. The van der Waals surface area contributed by atoms with E-state index in [2.05, 4.69) is 41.5 Å². The van der Waals surface area contributed by atoms with Crippen molar-refractivity contribution >= 4 is 35.8 Å². The van der Waals surface area contributed by atoms with E-state index in [4.69, 9.17) is 66.0 Å². The summed E-state index contributed by atoms with van der Waals surface area (Å²) in [6.07, 6.45) is 43.5. The summed E-state index contributed by atoms with van der Waals surface area (Å²) >= 11 is 0. The molecule has 0 aliphatic carbocycles. The van der Waals surface area contributed by atoms with Gasteiger partial charge in [0.25, 0.3) is 0 Å². The molecule has 0 aromatic heterocycles. The SMILES string of the molecule is CCCCCCCCC(=O)O.CCCCCCCCC(=O)O.CCCCCCCCC(=O)O.CCCCCCCCC(=O)O.CCCCCCCCC(=O)O.CCCCCCCCC(=O)O.OCC(CO)(CO)COCC(CO)(CO)CO. The first-order valence-corrected chi connectivity index (χ1v) is 32.2. The van der Waals surface area contributed by atoms with Gasteiger partial charge in [-0.3, -0.25) is 28.8 Å². The molecule has 0 fully saturated rings. The van der Waals surface area contributed by atoms with Crippen molar-refractivity contribution in [2.45, 2.75) is 311 Å². The Labute approximate surface area is 503 Å². The fourth-order valence-corrected chi connectivity index (χ4v) is 7.40. The number of hydrogen-bond donors (Lipinski definition) is 12. The Kier molecular flexibility index (Phi) is 88.2. The molecule has 0 saturated heterocycles. The molecule has 0 aliphatic heterocycles. The number of carboxylic acids is 6. The number of unbranched alkanes of at least 4 members (excludes halogenated alkanes) is 30. The third-order valence-corrected chi connectivity index (χ3v) is 13.3. The monoisotopic (exact) mass is 1200 g/mol. The van der Waals surface area contributed by atoms with E-state index >= 15 is 0 Å². The summed E-state index contributed by atoms with van der Waals surface area (Å²) < 4.78 is 5.15. The number of hydrogen-bond acceptors (Lipinski definition) is 13. The average molecular weight is 1200 g/mol. The Morgan fingerprint density at radius 2 is 0.349 bits per heavy atom. The molecule has 0 unspecified atom stereocenters. The molecule has 0 rings (SSSR count). The smallest absolute Gasteiger partial charge is 0.303 e. The van der Waals surface area contributed by atoms with Crippen molar-refractivity contribution < 1.29 is 94.8 Å². The number of aliphatic carboxylic acids is 6. The minimum absolute atomic E-state index is 0.141. The molecular formula is C64H130O19. The van der Waals surface area contributed by atoms with Crippen LogP contribution in [0.4, 0.5) is 0 Å². The van der Waals surface area contributed by atoms with E-state index in [1.165, 1.54) is 154 Å². The summed E-state index contributed by atoms with van der Waals surface area (Å²) in [5.41, 5.74) is -2.32. The summed E-state index contributed by atoms with van der Waals surface area (Å²) in [4.78, 5) is 60.5. The Balaban J connectivity index is -0.000000164. The fourth-order valence-electron chi connectivity index (χ4n) is 7.40. The van der Waals surface area contributed by atoms with E-state index in [0.29, 0.717) is 38.5 Å². The number of carboxylic acid groups (broad SMARTS) is 6. The van der Waals surface area contributed by atoms with Crippen LogP contribution in [0.1, 0.15) is 311 Å². The molecule has 0 aliphatic rings. The molecule has 0 amide bonds. The first-order chi connectivity index (χ1) is 39.7. The van der Waals surface area contributed by atoms with Crippen molar-refractivity contribution in [3.63, 3.8) is 0 Å². The number of ether oxygens (including phenoxy) is 1. The van der Waals surface area contributed by atoms with Gasteiger partial charge in [0.05, 0.1) is 63.7 Å². The standard InChI is InChI=1S/C10H22O7.6C9H18O2/c11-1-9(2-12,3-13)7-17-8-10(4-14,5-15)6-16;6*1-2-3-4-5-6-7-8-9(10)11/h11-16H,1-8H2;6*2-8H2,1H3,(H,10,11). The molecule has 0 spiro atoms. The lowest BCUT2D eigenvalue weighted by atomic mass is 9.91. The molecule has 19 heteroatoms. The molecule has 500 valence electrons. The lowest BCUT2D eigenvalue weighted by molar-refractivity contribution is -0.138. The van der Waals surface area contributed by atoms with E-state index in [1.54, 1.807) is 0 Å². The first-order valence-electron chi connectivity index (χ1n) is 32.2. The second kappa shape index (κ2) is 78.5. The maximum absolute atomic E-state index is 10.1. The lowest BCUT2D eigenvalue weighted by Gasteiger charge is -2.31. The van der Waals surface area contributed by atoms with E-state index in [0.717, 1.165) is 77.0 Å². The van der Waals surface area contributed by atoms with Gasteiger partial charge in [-0.1, -0.05) is 234 Å². The van der Waals surface area contributed by atoms with E-state index < -0.39 is 86.3 Å². The van der Waals surface area contributed by atoms with Gasteiger partial charge in [0.1, 0.15) is 0 Å². The van der Waals surface area contributed by atoms with Gasteiger partial charge in [0, 0.05) is 38.5 Å². The number of rotatable bonds is 52. The quantitative estimate of drug-likeness (QED) is 0.0252. The van der Waals surface area contributed by atoms with Crippen LogP contribution in [0.2, 0.25) is 0 Å². The van der Waals surface area contributed by atoms with Crippen molar-refractivity contribution in [2.24, 2.45) is 10.8 Å². The van der Waals surface area contributed by atoms with Crippen molar-refractivity contribution in [3.8, 4) is 0 Å². The molecule has 0 radical (unpaired) electrons. The van der Waals surface area contributed by atoms with Crippen LogP contribution in [0, 0.1) is 10.8 Å². The highest BCUT2D eigenvalue weighted by molar-refractivity contribution is 5.68. The molecule has 0 aromatic rings. The molecule has 0 aromatic carbocycles. The molecule has 0 saturated carbocycles. The van der Waals surface area contributed by atoms with Crippen LogP contribution in [-0.2, 0) is 33.5 Å².